The fourth-order valence-corrected chi connectivity index (χ4v) is 1.91. The highest BCUT2D eigenvalue weighted by Gasteiger charge is 2.34. The summed E-state index contributed by atoms with van der Waals surface area (Å²) in [6.45, 7) is 7.29. The average molecular weight is 242 g/mol. The van der Waals surface area contributed by atoms with Gasteiger partial charge in [0.1, 0.15) is 6.04 Å². The molecule has 1 aliphatic heterocycles. The van der Waals surface area contributed by atoms with Crippen molar-refractivity contribution in [3.63, 3.8) is 0 Å². The van der Waals surface area contributed by atoms with E-state index in [1.54, 1.807) is 18.9 Å². The first kappa shape index (κ1) is 14.0. The summed E-state index contributed by atoms with van der Waals surface area (Å²) in [5.41, 5.74) is -0.0441. The summed E-state index contributed by atoms with van der Waals surface area (Å²) in [7, 11) is 1.66. The molecule has 1 atom stereocenters. The van der Waals surface area contributed by atoms with Crippen LogP contribution in [-0.2, 0) is 14.3 Å². The highest BCUT2D eigenvalue weighted by atomic mass is 16.5. The second kappa shape index (κ2) is 5.49. The van der Waals surface area contributed by atoms with Crippen molar-refractivity contribution in [1.29, 1.82) is 0 Å². The van der Waals surface area contributed by atoms with Crippen molar-refractivity contribution in [2.45, 2.75) is 33.2 Å². The molecule has 1 heterocycles. The van der Waals surface area contributed by atoms with Crippen LogP contribution in [-0.4, -0.2) is 49.6 Å². The van der Waals surface area contributed by atoms with Gasteiger partial charge in [-0.2, -0.15) is 0 Å². The Morgan fingerprint density at radius 3 is 2.71 bits per heavy atom. The number of nitrogens with one attached hydrogen (secondary N) is 1. The van der Waals surface area contributed by atoms with Crippen molar-refractivity contribution in [3.05, 3.63) is 0 Å². The van der Waals surface area contributed by atoms with Crippen molar-refractivity contribution >= 4 is 11.8 Å². The second-order valence-electron chi connectivity index (χ2n) is 5.32. The van der Waals surface area contributed by atoms with E-state index in [0.29, 0.717) is 13.2 Å². The maximum atomic E-state index is 11.8. The zero-order chi connectivity index (χ0) is 13.1. The van der Waals surface area contributed by atoms with Crippen LogP contribution in [0.15, 0.2) is 0 Å². The molecule has 1 rings (SSSR count). The van der Waals surface area contributed by atoms with Crippen molar-refractivity contribution in [1.82, 2.24) is 10.2 Å². The van der Waals surface area contributed by atoms with Gasteiger partial charge in [0, 0.05) is 20.3 Å². The topological polar surface area (TPSA) is 58.6 Å². The molecule has 0 saturated carbocycles. The van der Waals surface area contributed by atoms with Gasteiger partial charge in [-0.1, -0.05) is 13.8 Å². The van der Waals surface area contributed by atoms with Crippen LogP contribution in [0.4, 0.5) is 0 Å². The normalized spacial score (nSPS) is 21.6. The van der Waals surface area contributed by atoms with Crippen LogP contribution >= 0.6 is 0 Å². The fraction of sp³-hybridized carbons (Fsp3) is 0.833. The Labute approximate surface area is 102 Å². The van der Waals surface area contributed by atoms with Crippen molar-refractivity contribution in [2.24, 2.45) is 5.41 Å². The van der Waals surface area contributed by atoms with Gasteiger partial charge < -0.3 is 15.0 Å². The van der Waals surface area contributed by atoms with E-state index in [4.69, 9.17) is 4.74 Å². The molecular formula is C12H22N2O3. The van der Waals surface area contributed by atoms with E-state index in [-0.39, 0.29) is 29.8 Å². The zero-order valence-electron chi connectivity index (χ0n) is 11.1. The summed E-state index contributed by atoms with van der Waals surface area (Å²) in [6, 6.07) is -0.377. The van der Waals surface area contributed by atoms with Crippen LogP contribution < -0.4 is 5.32 Å². The number of carbonyl (C=O) groups is 2. The molecule has 0 aliphatic carbocycles. The van der Waals surface area contributed by atoms with E-state index in [1.807, 2.05) is 0 Å². The summed E-state index contributed by atoms with van der Waals surface area (Å²) in [5.74, 6) is -0.0882. The average Bonchev–Trinajstić information content (AvgIpc) is 2.27. The minimum atomic E-state index is -0.377. The number of methoxy groups -OCH3 is 1. The summed E-state index contributed by atoms with van der Waals surface area (Å²) in [4.78, 5) is 25.0. The molecule has 17 heavy (non-hydrogen) atoms. The summed E-state index contributed by atoms with van der Waals surface area (Å²) < 4.78 is 5.06. The van der Waals surface area contributed by atoms with Gasteiger partial charge in [0.25, 0.3) is 0 Å². The number of nitrogens with zero attached hydrogens (tertiary/aromatic N) is 1. The van der Waals surface area contributed by atoms with E-state index in [9.17, 15) is 9.59 Å². The first-order valence-electron chi connectivity index (χ1n) is 5.93. The summed E-state index contributed by atoms with van der Waals surface area (Å²) in [5, 5.41) is 2.59. The number of amides is 2. The lowest BCUT2D eigenvalue weighted by Crippen LogP contribution is -2.59. The quantitative estimate of drug-likeness (QED) is 0.759. The monoisotopic (exact) mass is 242 g/mol. The molecule has 5 heteroatoms. The van der Waals surface area contributed by atoms with E-state index >= 15 is 0 Å². The Bertz CT molecular complexity index is 302. The molecule has 1 N–H and O–H groups in total. The van der Waals surface area contributed by atoms with Gasteiger partial charge in [-0.15, -0.1) is 0 Å². The predicted octanol–water partition coefficient (Wildman–Crippen LogP) is 0.396. The van der Waals surface area contributed by atoms with Gasteiger partial charge in [-0.05, 0) is 18.8 Å². The lowest BCUT2D eigenvalue weighted by atomic mass is 9.88. The lowest BCUT2D eigenvalue weighted by molar-refractivity contribution is -0.146. The van der Waals surface area contributed by atoms with Crippen LogP contribution in [0.5, 0.6) is 0 Å². The number of carbonyl (C=O) groups excluding carboxylic acids is 2. The SMILES string of the molecule is COCCC(C)(C)CN1C(=O)CNC(=O)C1C. The van der Waals surface area contributed by atoms with Crippen molar-refractivity contribution in [3.8, 4) is 0 Å². The third-order valence-corrected chi connectivity index (χ3v) is 3.16. The molecule has 1 fully saturated rings. The van der Waals surface area contributed by atoms with Crippen LogP contribution in [0.1, 0.15) is 27.2 Å². The second-order valence-corrected chi connectivity index (χ2v) is 5.32. The maximum Gasteiger partial charge on any atom is 0.242 e. The third-order valence-electron chi connectivity index (χ3n) is 3.16. The molecule has 98 valence electrons. The van der Waals surface area contributed by atoms with Crippen LogP contribution in [0.3, 0.4) is 0 Å². The lowest BCUT2D eigenvalue weighted by Gasteiger charge is -2.38. The van der Waals surface area contributed by atoms with Crippen molar-refractivity contribution in [2.75, 3.05) is 26.8 Å². The molecule has 5 nitrogen and oxygen atoms in total. The first-order valence-corrected chi connectivity index (χ1v) is 5.93. The molecule has 0 aromatic rings. The molecule has 0 spiro atoms. The molecule has 1 unspecified atom stereocenters. The standard InChI is InChI=1S/C12H22N2O3/c1-9-11(16)13-7-10(15)14(9)8-12(2,3)5-6-17-4/h9H,5-8H2,1-4H3,(H,13,16). The Balaban J connectivity index is 2.64. The van der Waals surface area contributed by atoms with Gasteiger partial charge >= 0.3 is 0 Å². The molecule has 1 aliphatic rings. The smallest absolute Gasteiger partial charge is 0.242 e. The molecular weight excluding hydrogens is 220 g/mol. The molecule has 0 aromatic heterocycles. The van der Waals surface area contributed by atoms with Gasteiger partial charge in [0.05, 0.1) is 6.54 Å². The minimum Gasteiger partial charge on any atom is -0.385 e. The zero-order valence-corrected chi connectivity index (χ0v) is 11.1. The number of piperazine rings is 1. The van der Waals surface area contributed by atoms with Gasteiger partial charge in [0.15, 0.2) is 0 Å². The number of ether oxygens (including phenoxy) is 1. The van der Waals surface area contributed by atoms with E-state index < -0.39 is 0 Å². The van der Waals surface area contributed by atoms with Crippen molar-refractivity contribution < 1.29 is 14.3 Å². The summed E-state index contributed by atoms with van der Waals surface area (Å²) in [6.07, 6.45) is 0.863. The largest absolute Gasteiger partial charge is 0.385 e. The third kappa shape index (κ3) is 3.70. The predicted molar refractivity (Wildman–Crippen MR) is 64.5 cm³/mol. The van der Waals surface area contributed by atoms with Gasteiger partial charge in [0.2, 0.25) is 11.8 Å². The number of hydrogen-bond acceptors (Lipinski definition) is 3. The molecule has 2 amide bonds. The molecule has 0 aromatic carbocycles. The van der Waals surface area contributed by atoms with E-state index in [1.165, 1.54) is 0 Å². The molecule has 0 radical (unpaired) electrons. The minimum absolute atomic E-state index is 0.0115. The van der Waals surface area contributed by atoms with E-state index in [0.717, 1.165) is 6.42 Å². The fourth-order valence-electron chi connectivity index (χ4n) is 1.91. The van der Waals surface area contributed by atoms with E-state index in [2.05, 4.69) is 19.2 Å². The van der Waals surface area contributed by atoms with Gasteiger partial charge in [-0.3, -0.25) is 9.59 Å². The Morgan fingerprint density at radius 1 is 1.47 bits per heavy atom. The highest BCUT2D eigenvalue weighted by Crippen LogP contribution is 2.23. The van der Waals surface area contributed by atoms with Crippen LogP contribution in [0.2, 0.25) is 0 Å². The highest BCUT2D eigenvalue weighted by molar-refractivity contribution is 5.94. The van der Waals surface area contributed by atoms with Crippen LogP contribution in [0, 0.1) is 5.41 Å². The number of rotatable bonds is 5. The first-order chi connectivity index (χ1) is 7.87. The van der Waals surface area contributed by atoms with Gasteiger partial charge in [-0.25, -0.2) is 0 Å². The summed E-state index contributed by atoms with van der Waals surface area (Å²) >= 11 is 0. The molecule has 1 saturated heterocycles. The Morgan fingerprint density at radius 2 is 2.12 bits per heavy atom. The molecule has 0 bridgehead atoms. The Hall–Kier alpha value is -1.10. The Kier molecular flexibility index (Phi) is 4.51. The van der Waals surface area contributed by atoms with Crippen LogP contribution in [0.25, 0.3) is 0 Å². The number of hydrogen-bond donors (Lipinski definition) is 1. The maximum absolute atomic E-state index is 11.8.